The molecule has 4 nitrogen and oxygen atoms in total. The van der Waals surface area contributed by atoms with Crippen molar-refractivity contribution >= 4 is 114 Å². The summed E-state index contributed by atoms with van der Waals surface area (Å²) >= 11 is 13.7. The van der Waals surface area contributed by atoms with Crippen LogP contribution in [0.25, 0.3) is 0 Å². The number of aryl methyl sites for hydroxylation is 6. The van der Waals surface area contributed by atoms with Crippen molar-refractivity contribution in [2.24, 2.45) is 4.30 Å². The first-order valence-electron chi connectivity index (χ1n) is 23.0. The minimum Gasteiger partial charge on any atom is -0.356 e. The molecule has 0 saturated heterocycles. The van der Waals surface area contributed by atoms with Crippen molar-refractivity contribution in [2.45, 2.75) is 46.0 Å². The Balaban J connectivity index is 0.000000141. The van der Waals surface area contributed by atoms with Crippen molar-refractivity contribution < 1.29 is 0 Å². The predicted molar refractivity (Wildman–Crippen MR) is 314 cm³/mol. The summed E-state index contributed by atoms with van der Waals surface area (Å²) in [6.45, 7) is 0. The molecule has 349 valence electrons. The van der Waals surface area contributed by atoms with E-state index in [1.807, 2.05) is 60.7 Å². The van der Waals surface area contributed by atoms with Gasteiger partial charge in [-0.15, -0.1) is 0 Å². The molecule has 1 N–H and O–H groups in total. The minimum atomic E-state index is 0. The first kappa shape index (κ1) is 51.9. The second-order valence-corrected chi connectivity index (χ2v) is 19.6. The van der Waals surface area contributed by atoms with E-state index in [0.29, 0.717) is 0 Å². The first-order chi connectivity index (χ1) is 33.8. The average Bonchev–Trinajstić information content (AvgIpc) is 3.35. The number of nitrogens with zero attached hydrogens (tertiary/aromatic N) is 3. The maximum atomic E-state index is 4.34. The molecule has 0 bridgehead atoms. The fourth-order valence-electron chi connectivity index (χ4n) is 8.24. The molecule has 0 spiro atoms. The van der Waals surface area contributed by atoms with Crippen LogP contribution >= 0.6 is 60.6 Å². The fourth-order valence-corrected chi connectivity index (χ4v) is 9.18. The summed E-state index contributed by atoms with van der Waals surface area (Å²) in [6.07, 6.45) is 7.40. The average molecular weight is 1130 g/mol. The zero-order chi connectivity index (χ0) is 47.8. The first-order valence-corrected chi connectivity index (χ1v) is 25.8. The third-order valence-electron chi connectivity index (χ3n) is 12.1. The van der Waals surface area contributed by atoms with Crippen molar-refractivity contribution in [3.63, 3.8) is 0 Å². The Hall–Kier alpha value is -5.97. The smallest absolute Gasteiger partial charge is 0.0464 e. The Morgan fingerprint density at radius 3 is 0.914 bits per heavy atom. The molecular weight excluding hydrogens is 1070 g/mol. The van der Waals surface area contributed by atoms with E-state index in [2.05, 4.69) is 251 Å². The Labute approximate surface area is 446 Å². The molecule has 3 aliphatic carbocycles. The van der Waals surface area contributed by atoms with Gasteiger partial charge in [0.25, 0.3) is 0 Å². The van der Waals surface area contributed by atoms with E-state index in [9.17, 15) is 0 Å². The van der Waals surface area contributed by atoms with E-state index < -0.39 is 0 Å². The molecule has 0 heterocycles. The van der Waals surface area contributed by atoms with E-state index in [0.717, 1.165) is 31.7 Å². The molecule has 0 fully saturated rings. The van der Waals surface area contributed by atoms with Gasteiger partial charge in [0.05, 0.1) is 0 Å². The molecule has 12 rings (SSSR count). The third kappa shape index (κ3) is 14.1. The van der Waals surface area contributed by atoms with Crippen LogP contribution in [0.15, 0.2) is 242 Å². The number of halogens is 3. The zero-order valence-electron chi connectivity index (χ0n) is 38.1. The van der Waals surface area contributed by atoms with Gasteiger partial charge in [-0.25, -0.2) is 0 Å². The van der Waals surface area contributed by atoms with Gasteiger partial charge in [0.1, 0.15) is 0 Å². The molecule has 70 heavy (non-hydrogen) atoms. The second kappa shape index (κ2) is 26.3. The molecule has 3 aliphatic rings. The molecule has 0 amide bonds. The van der Waals surface area contributed by atoms with Gasteiger partial charge >= 0.3 is 24.8 Å². The van der Waals surface area contributed by atoms with E-state index in [1.54, 1.807) is 0 Å². The SMILES string of the molecule is Brc1ccc(N(c2ccc(Br)cc2)c2ccc3c(c2)CC3)cc1.Brc1ccc2c(c1)CC2.C.[B]=NS.c1ccc(N(c2ccccc2)c2ccc3c(c2)CC3)cc1.c1ccc(Nc2ccccc2)cc1. The zero-order valence-corrected chi connectivity index (χ0v) is 43.8. The van der Waals surface area contributed by atoms with Crippen LogP contribution in [0.4, 0.5) is 45.5 Å². The summed E-state index contributed by atoms with van der Waals surface area (Å²) in [7, 11) is 4.34. The van der Waals surface area contributed by atoms with Gasteiger partial charge in [0.15, 0.2) is 0 Å². The van der Waals surface area contributed by atoms with Crippen LogP contribution < -0.4 is 15.1 Å². The predicted octanol–water partition coefficient (Wildman–Crippen LogP) is 18.8. The second-order valence-electron chi connectivity index (χ2n) is 16.6. The van der Waals surface area contributed by atoms with E-state index in [-0.39, 0.29) is 7.43 Å². The standard InChI is InChI=1S/C20H15Br2N.C20H17N.C12H11N.C8H7Br.CH4.BHNS/c21-16-4-9-18(10-5-16)23(19-11-6-17(22)7-12-19)20-8-3-14-1-2-15(14)13-20;1-3-7-18(8-4-1)21(19-9-5-2-6-10-19)20-14-13-16-11-12-17(16)15-20;1-3-7-11(8-4-1)13-12-9-5-2-6-10-12;9-8-4-3-6-1-2-7(6)5-8;;1-2-3/h3-13H,1-2H2;1-10,13-15H,11-12H2;1-10,13H;3-5H,1-2H2;1H4;3H. The number of rotatable bonds is 8. The van der Waals surface area contributed by atoms with Crippen LogP contribution in [0.3, 0.4) is 0 Å². The topological polar surface area (TPSA) is 30.9 Å². The number of nitrogens with one attached hydrogen (secondary N) is 1. The van der Waals surface area contributed by atoms with Gasteiger partial charge in [-0.3, -0.25) is 0 Å². The molecule has 0 saturated carbocycles. The number of anilines is 8. The van der Waals surface area contributed by atoms with Crippen molar-refractivity contribution in [2.75, 3.05) is 15.1 Å². The van der Waals surface area contributed by atoms with Gasteiger partial charge in [-0.2, -0.15) is 0 Å². The van der Waals surface area contributed by atoms with Crippen LogP contribution in [0.2, 0.25) is 0 Å². The summed E-state index contributed by atoms with van der Waals surface area (Å²) in [5.41, 5.74) is 18.4. The summed E-state index contributed by atoms with van der Waals surface area (Å²) in [6, 6.07) is 78.5. The summed E-state index contributed by atoms with van der Waals surface area (Å²) in [5, 5.41) is 3.30. The molecule has 9 aromatic carbocycles. The quantitative estimate of drug-likeness (QED) is 0.117. The summed E-state index contributed by atoms with van der Waals surface area (Å²) < 4.78 is 6.09. The molecule has 0 atom stereocenters. The number of fused-ring (bicyclic) bond motifs is 3. The van der Waals surface area contributed by atoms with Crippen LogP contribution in [-0.2, 0) is 38.5 Å². The van der Waals surface area contributed by atoms with Crippen LogP contribution in [0, 0.1) is 0 Å². The van der Waals surface area contributed by atoms with Crippen molar-refractivity contribution in [1.29, 1.82) is 0 Å². The molecular formula is C61H55BBr3N4S. The normalized spacial score (nSPS) is 11.6. The van der Waals surface area contributed by atoms with Crippen LogP contribution in [0.5, 0.6) is 0 Å². The van der Waals surface area contributed by atoms with E-state index >= 15 is 0 Å². The maximum absolute atomic E-state index is 4.34. The molecule has 9 heteroatoms. The Bertz CT molecular complexity index is 2910. The van der Waals surface area contributed by atoms with Gasteiger partial charge < -0.3 is 15.1 Å². The summed E-state index contributed by atoms with van der Waals surface area (Å²) in [4.78, 5) is 4.62. The fraction of sp³-hybridized carbons (Fsp3) is 0.115. The minimum absolute atomic E-state index is 0. The number of benzene rings is 9. The molecule has 9 aromatic rings. The van der Waals surface area contributed by atoms with Crippen LogP contribution in [0.1, 0.15) is 40.8 Å². The Kier molecular flexibility index (Phi) is 19.5. The van der Waals surface area contributed by atoms with Crippen LogP contribution in [-0.4, -0.2) is 7.64 Å². The largest absolute Gasteiger partial charge is 0.356 e. The van der Waals surface area contributed by atoms with Gasteiger partial charge in [0, 0.05) is 58.9 Å². The van der Waals surface area contributed by atoms with Gasteiger partial charge in [-0.05, 0) is 205 Å². The van der Waals surface area contributed by atoms with Gasteiger partial charge in [0.2, 0.25) is 0 Å². The Morgan fingerprint density at radius 1 is 0.343 bits per heavy atom. The van der Waals surface area contributed by atoms with E-state index in [1.165, 1.54) is 99.1 Å². The maximum Gasteiger partial charge on any atom is 0.0464 e. The number of hydrogen-bond acceptors (Lipinski definition) is 5. The van der Waals surface area contributed by atoms with Crippen molar-refractivity contribution in [3.05, 3.63) is 271 Å². The van der Waals surface area contributed by atoms with Crippen molar-refractivity contribution in [3.8, 4) is 0 Å². The number of hydrogen-bond donors (Lipinski definition) is 2. The summed E-state index contributed by atoms with van der Waals surface area (Å²) in [5.74, 6) is 0. The van der Waals surface area contributed by atoms with Gasteiger partial charge in [-0.1, -0.05) is 146 Å². The number of para-hydroxylation sites is 4. The molecule has 1 radical (unpaired) electrons. The Morgan fingerprint density at radius 2 is 0.614 bits per heavy atom. The number of thiol groups is 1. The van der Waals surface area contributed by atoms with E-state index in [4.69, 9.17) is 0 Å². The molecule has 0 unspecified atom stereocenters. The third-order valence-corrected chi connectivity index (χ3v) is 13.6. The molecule has 0 aliphatic heterocycles. The van der Waals surface area contributed by atoms with Crippen molar-refractivity contribution in [1.82, 2.24) is 0 Å². The monoisotopic (exact) mass is 1120 g/mol. The molecule has 0 aromatic heterocycles.